The van der Waals surface area contributed by atoms with Crippen molar-refractivity contribution in [3.63, 3.8) is 0 Å². The van der Waals surface area contributed by atoms with Crippen molar-refractivity contribution in [3.8, 4) is 17.1 Å². The molecule has 212 valence electrons. The normalized spacial score (nSPS) is 11.9. The summed E-state index contributed by atoms with van der Waals surface area (Å²) < 4.78 is 88.6. The quantitative estimate of drug-likeness (QED) is 0.163. The summed E-state index contributed by atoms with van der Waals surface area (Å²) in [6.07, 6.45) is -3.28. The summed E-state index contributed by atoms with van der Waals surface area (Å²) >= 11 is 0. The number of aromatic nitrogens is 2. The molecule has 3 aromatic carbocycles. The van der Waals surface area contributed by atoms with Crippen molar-refractivity contribution in [2.45, 2.75) is 58.7 Å². The Balaban J connectivity index is 1.76. The molecule has 4 aromatic rings. The first-order valence-corrected chi connectivity index (χ1v) is 12.9. The van der Waals surface area contributed by atoms with Crippen LogP contribution in [0.3, 0.4) is 0 Å². The summed E-state index contributed by atoms with van der Waals surface area (Å²) in [5.41, 5.74) is 0.853. The van der Waals surface area contributed by atoms with Gasteiger partial charge in [-0.2, -0.15) is 22.0 Å². The molecule has 0 aliphatic rings. The van der Waals surface area contributed by atoms with Gasteiger partial charge in [0.25, 0.3) is 0 Å². The van der Waals surface area contributed by atoms with Gasteiger partial charge in [0, 0.05) is 31.7 Å². The van der Waals surface area contributed by atoms with E-state index in [1.807, 2.05) is 37.3 Å². The Morgan fingerprint density at radius 1 is 0.875 bits per heavy atom. The van der Waals surface area contributed by atoms with Crippen LogP contribution in [-0.4, -0.2) is 21.1 Å². The molecule has 0 N–H and O–H groups in total. The van der Waals surface area contributed by atoms with Crippen molar-refractivity contribution in [2.75, 3.05) is 0 Å². The topological polar surface area (TPSA) is 30.3 Å². The zero-order chi connectivity index (χ0) is 28.7. The van der Waals surface area contributed by atoms with Gasteiger partial charge in [0.15, 0.2) is 17.3 Å². The molecule has 0 atom stereocenters. The van der Waals surface area contributed by atoms with Gasteiger partial charge in [-0.3, -0.25) is 4.90 Å². The van der Waals surface area contributed by atoms with Gasteiger partial charge in [0.2, 0.25) is 0 Å². The van der Waals surface area contributed by atoms with Crippen LogP contribution < -0.4 is 4.74 Å². The first-order valence-electron chi connectivity index (χ1n) is 12.9. The zero-order valence-electron chi connectivity index (χ0n) is 21.8. The minimum Gasteiger partial charge on any atom is -0.432 e. The van der Waals surface area contributed by atoms with Gasteiger partial charge in [-0.05, 0) is 29.7 Å². The van der Waals surface area contributed by atoms with Crippen LogP contribution in [0.5, 0.6) is 5.75 Å². The Morgan fingerprint density at radius 3 is 2.12 bits per heavy atom. The lowest BCUT2D eigenvalue weighted by Crippen LogP contribution is -2.26. The maximum atomic E-state index is 14.5. The molecule has 0 radical (unpaired) electrons. The zero-order valence-corrected chi connectivity index (χ0v) is 21.8. The average Bonchev–Trinajstić information content (AvgIpc) is 3.28. The Hall–Kier alpha value is -3.79. The molecule has 0 bridgehead atoms. The first-order chi connectivity index (χ1) is 19.2. The number of nitrogens with zero attached hydrogens (tertiary/aromatic N) is 3. The number of hydrogen-bond donors (Lipinski definition) is 0. The van der Waals surface area contributed by atoms with E-state index in [-0.39, 0.29) is 31.2 Å². The van der Waals surface area contributed by atoms with E-state index >= 15 is 0 Å². The molecule has 4 nitrogen and oxygen atoms in total. The molecule has 0 fully saturated rings. The van der Waals surface area contributed by atoms with Crippen molar-refractivity contribution in [1.82, 2.24) is 14.5 Å². The molecule has 0 saturated carbocycles. The lowest BCUT2D eigenvalue weighted by molar-refractivity contribution is -0.141. The second kappa shape index (κ2) is 13.0. The number of benzene rings is 3. The van der Waals surface area contributed by atoms with Crippen molar-refractivity contribution in [2.24, 2.45) is 0 Å². The summed E-state index contributed by atoms with van der Waals surface area (Å²) in [7, 11) is 0. The number of halogens is 6. The highest BCUT2D eigenvalue weighted by molar-refractivity contribution is 5.57. The van der Waals surface area contributed by atoms with Gasteiger partial charge >= 0.3 is 12.8 Å². The molecule has 0 amide bonds. The number of imidazole rings is 1. The van der Waals surface area contributed by atoms with Gasteiger partial charge < -0.3 is 9.30 Å². The lowest BCUT2D eigenvalue weighted by atomic mass is 10.1. The highest BCUT2D eigenvalue weighted by atomic mass is 19.4. The fourth-order valence-corrected chi connectivity index (χ4v) is 4.55. The number of unbranched alkanes of at least 4 members (excludes halogenated alkanes) is 1. The van der Waals surface area contributed by atoms with E-state index in [0.717, 1.165) is 24.1 Å². The maximum absolute atomic E-state index is 14.5. The number of rotatable bonds is 12. The highest BCUT2D eigenvalue weighted by Crippen LogP contribution is 2.36. The summed E-state index contributed by atoms with van der Waals surface area (Å²) in [6, 6.07) is 21.5. The summed E-state index contributed by atoms with van der Waals surface area (Å²) in [4.78, 5) is 5.84. The van der Waals surface area contributed by atoms with Crippen molar-refractivity contribution < 1.29 is 31.1 Å². The Bertz CT molecular complexity index is 1370. The molecular formula is C30H29F6N3O. The molecule has 0 aliphatic carbocycles. The molecule has 0 spiro atoms. The standard InChI is InChI=1S/C30H29F6N3O/c1-2-3-16-39-25(27(30(34,35)36)37-28(39)23-12-8-5-9-13-23)20-38(18-21-10-6-4-7-11-21)19-22-14-15-26(24(31)17-22)40-29(32)33/h4-15,17,29H,2-3,16,18-20H2,1H3. The SMILES string of the molecule is CCCCn1c(-c2ccccc2)nc(C(F)(F)F)c1CN(Cc1ccccc1)Cc1ccc(OC(F)F)c(F)c1. The lowest BCUT2D eigenvalue weighted by Gasteiger charge is -2.25. The molecule has 0 saturated heterocycles. The summed E-state index contributed by atoms with van der Waals surface area (Å²) in [6.45, 7) is -0.706. The van der Waals surface area contributed by atoms with E-state index in [0.29, 0.717) is 24.1 Å². The molecule has 0 aliphatic heterocycles. The van der Waals surface area contributed by atoms with E-state index in [4.69, 9.17) is 0 Å². The van der Waals surface area contributed by atoms with E-state index in [1.165, 1.54) is 6.07 Å². The molecule has 1 heterocycles. The Morgan fingerprint density at radius 2 is 1.52 bits per heavy atom. The predicted octanol–water partition coefficient (Wildman–Crippen LogP) is 8.31. The Kier molecular flexibility index (Phi) is 9.52. The molecule has 10 heteroatoms. The van der Waals surface area contributed by atoms with Crippen molar-refractivity contribution >= 4 is 0 Å². The van der Waals surface area contributed by atoms with E-state index in [1.54, 1.807) is 39.8 Å². The predicted molar refractivity (Wildman–Crippen MR) is 140 cm³/mol. The van der Waals surface area contributed by atoms with Crippen LogP contribution in [-0.2, 0) is 32.4 Å². The molecule has 4 rings (SSSR count). The number of alkyl halides is 5. The second-order valence-electron chi connectivity index (χ2n) is 9.37. The van der Waals surface area contributed by atoms with Gasteiger partial charge in [-0.25, -0.2) is 9.37 Å². The summed E-state index contributed by atoms with van der Waals surface area (Å²) in [5, 5.41) is 0. The van der Waals surface area contributed by atoms with E-state index in [2.05, 4.69) is 9.72 Å². The van der Waals surface area contributed by atoms with Gasteiger partial charge in [-0.15, -0.1) is 0 Å². The molecule has 40 heavy (non-hydrogen) atoms. The third-order valence-corrected chi connectivity index (χ3v) is 6.35. The fourth-order valence-electron chi connectivity index (χ4n) is 4.55. The third-order valence-electron chi connectivity index (χ3n) is 6.35. The number of ether oxygens (including phenoxy) is 1. The first kappa shape index (κ1) is 29.2. The van der Waals surface area contributed by atoms with Crippen LogP contribution >= 0.6 is 0 Å². The van der Waals surface area contributed by atoms with Crippen LogP contribution in [0.2, 0.25) is 0 Å². The van der Waals surface area contributed by atoms with E-state index < -0.39 is 30.0 Å². The Labute approximate surface area is 228 Å². The monoisotopic (exact) mass is 561 g/mol. The molecule has 1 aromatic heterocycles. The molecule has 0 unspecified atom stereocenters. The average molecular weight is 562 g/mol. The van der Waals surface area contributed by atoms with Gasteiger partial charge in [0.05, 0.1) is 5.69 Å². The van der Waals surface area contributed by atoms with E-state index in [9.17, 15) is 26.3 Å². The van der Waals surface area contributed by atoms with Crippen LogP contribution in [0, 0.1) is 5.82 Å². The van der Waals surface area contributed by atoms with Crippen LogP contribution in [0.25, 0.3) is 11.4 Å². The van der Waals surface area contributed by atoms with Gasteiger partial charge in [0.1, 0.15) is 5.82 Å². The minimum absolute atomic E-state index is 0.00820. The smallest absolute Gasteiger partial charge is 0.432 e. The maximum Gasteiger partial charge on any atom is 0.435 e. The van der Waals surface area contributed by atoms with Crippen LogP contribution in [0.1, 0.15) is 42.3 Å². The third kappa shape index (κ3) is 7.44. The highest BCUT2D eigenvalue weighted by Gasteiger charge is 2.39. The fraction of sp³-hybridized carbons (Fsp3) is 0.300. The van der Waals surface area contributed by atoms with Crippen LogP contribution in [0.15, 0.2) is 78.9 Å². The second-order valence-corrected chi connectivity index (χ2v) is 9.37. The van der Waals surface area contributed by atoms with Crippen molar-refractivity contribution in [1.29, 1.82) is 0 Å². The minimum atomic E-state index is -4.70. The molecular weight excluding hydrogens is 532 g/mol. The van der Waals surface area contributed by atoms with Crippen molar-refractivity contribution in [3.05, 3.63) is 107 Å². The van der Waals surface area contributed by atoms with Gasteiger partial charge in [-0.1, -0.05) is 80.1 Å². The summed E-state index contributed by atoms with van der Waals surface area (Å²) in [5.74, 6) is -1.35. The largest absolute Gasteiger partial charge is 0.435 e. The van der Waals surface area contributed by atoms with Crippen LogP contribution in [0.4, 0.5) is 26.3 Å². The number of hydrogen-bond acceptors (Lipinski definition) is 3.